The number of allylic oxidation sites excluding steroid dienone is 1. The second-order valence-corrected chi connectivity index (χ2v) is 7.60. The minimum absolute atomic E-state index is 0.0692. The van der Waals surface area contributed by atoms with E-state index in [9.17, 15) is 13.6 Å². The highest BCUT2D eigenvalue weighted by molar-refractivity contribution is 7.12. The molecule has 4 nitrogen and oxygen atoms in total. The Morgan fingerprint density at radius 2 is 2.04 bits per heavy atom. The summed E-state index contributed by atoms with van der Waals surface area (Å²) in [4.78, 5) is 15.5. The number of hydrogen-bond acceptors (Lipinski definition) is 4. The minimum atomic E-state index is -2.74. The molecule has 1 N–H and O–H groups in total. The van der Waals surface area contributed by atoms with Crippen LogP contribution in [0, 0.1) is 6.92 Å². The summed E-state index contributed by atoms with van der Waals surface area (Å²) in [5.41, 5.74) is 2.14. The summed E-state index contributed by atoms with van der Waals surface area (Å²) in [6.45, 7) is 1.96. The van der Waals surface area contributed by atoms with E-state index in [4.69, 9.17) is 9.84 Å². The number of aryl methyl sites for hydroxylation is 2. The van der Waals surface area contributed by atoms with Crippen molar-refractivity contribution in [3.63, 3.8) is 0 Å². The Kier molecular flexibility index (Phi) is 5.36. The van der Waals surface area contributed by atoms with Crippen LogP contribution < -0.4 is 4.74 Å². The van der Waals surface area contributed by atoms with Gasteiger partial charge in [-0.05, 0) is 42.2 Å². The van der Waals surface area contributed by atoms with Crippen LogP contribution in [-0.2, 0) is 11.2 Å². The van der Waals surface area contributed by atoms with E-state index in [1.807, 2.05) is 6.92 Å². The van der Waals surface area contributed by atoms with Crippen LogP contribution in [0.3, 0.4) is 0 Å². The van der Waals surface area contributed by atoms with Gasteiger partial charge in [0.05, 0.1) is 9.88 Å². The summed E-state index contributed by atoms with van der Waals surface area (Å²) in [5.74, 6) is -3.01. The molecule has 0 saturated heterocycles. The van der Waals surface area contributed by atoms with Crippen LogP contribution in [0.4, 0.5) is 8.78 Å². The van der Waals surface area contributed by atoms with Crippen molar-refractivity contribution >= 4 is 22.9 Å². The maximum Gasteiger partial charge on any atom is 0.303 e. The lowest BCUT2D eigenvalue weighted by molar-refractivity contribution is -0.136. The first-order valence-electron chi connectivity index (χ1n) is 8.27. The third-order valence-electron chi connectivity index (χ3n) is 4.22. The molecule has 138 valence electrons. The lowest BCUT2D eigenvalue weighted by Gasteiger charge is -2.10. The number of nitrogens with zero attached hydrogens (tertiary/aromatic N) is 1. The van der Waals surface area contributed by atoms with Gasteiger partial charge in [0, 0.05) is 25.5 Å². The van der Waals surface area contributed by atoms with Gasteiger partial charge in [0.2, 0.25) is 0 Å². The first kappa shape index (κ1) is 18.5. The molecule has 1 aromatic heterocycles. The van der Waals surface area contributed by atoms with E-state index in [0.29, 0.717) is 23.3 Å². The third kappa shape index (κ3) is 4.66. The fraction of sp³-hybridized carbons (Fsp3) is 0.368. The molecule has 1 heterocycles. The standard InChI is InChI=1S/C19H19F2NO3S/c1-12-22-10-17(26-12)16-9-19(20,21)8-14(16)11-25-15-5-2-13(3-6-15)4-7-18(23)24/h2-3,5-6,10H,4,7-9,11H2,1H3,(H,23,24). The maximum atomic E-state index is 13.9. The quantitative estimate of drug-likeness (QED) is 0.756. The Labute approximate surface area is 154 Å². The van der Waals surface area contributed by atoms with Gasteiger partial charge in [0.15, 0.2) is 0 Å². The van der Waals surface area contributed by atoms with Crippen molar-refractivity contribution in [3.05, 3.63) is 51.5 Å². The Hall–Kier alpha value is -2.28. The highest BCUT2D eigenvalue weighted by atomic mass is 32.1. The largest absolute Gasteiger partial charge is 0.489 e. The van der Waals surface area contributed by atoms with Gasteiger partial charge in [-0.2, -0.15) is 0 Å². The topological polar surface area (TPSA) is 59.4 Å². The van der Waals surface area contributed by atoms with Crippen LogP contribution in [0.15, 0.2) is 36.0 Å². The Morgan fingerprint density at radius 3 is 2.65 bits per heavy atom. The zero-order chi connectivity index (χ0) is 18.7. The van der Waals surface area contributed by atoms with Crippen LogP contribution in [0.2, 0.25) is 0 Å². The number of carboxylic acid groups (broad SMARTS) is 1. The van der Waals surface area contributed by atoms with Crippen molar-refractivity contribution in [3.8, 4) is 5.75 Å². The number of benzene rings is 1. The van der Waals surface area contributed by atoms with E-state index in [-0.39, 0.29) is 25.9 Å². The second-order valence-electron chi connectivity index (χ2n) is 6.36. The average Bonchev–Trinajstić information content (AvgIpc) is 3.14. The third-order valence-corrected chi connectivity index (χ3v) is 5.19. The van der Waals surface area contributed by atoms with Gasteiger partial charge in [-0.15, -0.1) is 11.3 Å². The molecule has 0 saturated carbocycles. The number of carbonyl (C=O) groups is 1. The molecule has 0 radical (unpaired) electrons. The predicted molar refractivity (Wildman–Crippen MR) is 95.8 cm³/mol. The molecular formula is C19H19F2NO3S. The van der Waals surface area contributed by atoms with Crippen LogP contribution in [0.25, 0.3) is 5.57 Å². The normalized spacial score (nSPS) is 16.1. The molecule has 7 heteroatoms. The Balaban J connectivity index is 1.67. The molecule has 2 aromatic rings. The highest BCUT2D eigenvalue weighted by Crippen LogP contribution is 2.45. The summed E-state index contributed by atoms with van der Waals surface area (Å²) in [6, 6.07) is 7.06. The molecule has 0 bridgehead atoms. The van der Waals surface area contributed by atoms with Gasteiger partial charge >= 0.3 is 5.97 Å². The van der Waals surface area contributed by atoms with Gasteiger partial charge in [0.1, 0.15) is 12.4 Å². The van der Waals surface area contributed by atoms with Crippen molar-refractivity contribution in [2.75, 3.05) is 6.61 Å². The van der Waals surface area contributed by atoms with E-state index >= 15 is 0 Å². The smallest absolute Gasteiger partial charge is 0.303 e. The van der Waals surface area contributed by atoms with Crippen LogP contribution in [-0.4, -0.2) is 28.6 Å². The van der Waals surface area contributed by atoms with Crippen LogP contribution in [0.1, 0.15) is 34.7 Å². The van der Waals surface area contributed by atoms with Crippen LogP contribution in [0.5, 0.6) is 5.75 Å². The SMILES string of the molecule is Cc1ncc(C2=C(COc3ccc(CCC(=O)O)cc3)CC(F)(F)C2)s1. The fourth-order valence-electron chi connectivity index (χ4n) is 2.94. The summed E-state index contributed by atoms with van der Waals surface area (Å²) < 4.78 is 33.5. The van der Waals surface area contributed by atoms with Gasteiger partial charge in [-0.1, -0.05) is 12.1 Å². The first-order valence-corrected chi connectivity index (χ1v) is 9.09. The molecule has 0 atom stereocenters. The molecule has 1 aliphatic rings. The maximum absolute atomic E-state index is 13.9. The number of halogens is 2. The summed E-state index contributed by atoms with van der Waals surface area (Å²) in [5, 5.41) is 9.55. The van der Waals surface area contributed by atoms with Crippen molar-refractivity contribution in [1.29, 1.82) is 0 Å². The molecule has 0 aliphatic heterocycles. The lowest BCUT2D eigenvalue weighted by Crippen LogP contribution is -2.11. The molecule has 0 amide bonds. The van der Waals surface area contributed by atoms with Crippen molar-refractivity contribution < 1.29 is 23.4 Å². The molecule has 0 fully saturated rings. The Morgan fingerprint density at radius 1 is 1.31 bits per heavy atom. The van der Waals surface area contributed by atoms with Crippen molar-refractivity contribution in [2.45, 2.75) is 38.5 Å². The molecule has 0 unspecified atom stereocenters. The number of rotatable bonds is 7. The first-order chi connectivity index (χ1) is 12.3. The predicted octanol–water partition coefficient (Wildman–Crippen LogP) is 4.73. The monoisotopic (exact) mass is 379 g/mol. The van der Waals surface area contributed by atoms with E-state index in [1.54, 1.807) is 30.5 Å². The number of aliphatic carboxylic acids is 1. The van der Waals surface area contributed by atoms with Crippen molar-refractivity contribution in [2.24, 2.45) is 0 Å². The average molecular weight is 379 g/mol. The number of hydrogen-bond donors (Lipinski definition) is 1. The van der Waals surface area contributed by atoms with E-state index in [2.05, 4.69) is 4.98 Å². The number of ether oxygens (including phenoxy) is 1. The van der Waals surface area contributed by atoms with Gasteiger partial charge in [-0.25, -0.2) is 13.8 Å². The molecule has 1 aromatic carbocycles. The highest BCUT2D eigenvalue weighted by Gasteiger charge is 2.40. The van der Waals surface area contributed by atoms with E-state index in [0.717, 1.165) is 15.4 Å². The summed E-state index contributed by atoms with van der Waals surface area (Å²) in [7, 11) is 0. The molecular weight excluding hydrogens is 360 g/mol. The number of carboxylic acids is 1. The summed E-state index contributed by atoms with van der Waals surface area (Å²) >= 11 is 1.42. The molecule has 1 aliphatic carbocycles. The Bertz CT molecular complexity index is 828. The number of thiazole rings is 1. The zero-order valence-corrected chi connectivity index (χ0v) is 15.1. The van der Waals surface area contributed by atoms with Crippen LogP contribution >= 0.6 is 11.3 Å². The van der Waals surface area contributed by atoms with E-state index < -0.39 is 11.9 Å². The van der Waals surface area contributed by atoms with Gasteiger partial charge in [-0.3, -0.25) is 4.79 Å². The minimum Gasteiger partial charge on any atom is -0.489 e. The fourth-order valence-corrected chi connectivity index (χ4v) is 3.81. The van der Waals surface area contributed by atoms with Gasteiger partial charge in [0.25, 0.3) is 5.92 Å². The van der Waals surface area contributed by atoms with E-state index in [1.165, 1.54) is 11.3 Å². The zero-order valence-electron chi connectivity index (χ0n) is 14.3. The lowest BCUT2D eigenvalue weighted by atomic mass is 10.1. The second kappa shape index (κ2) is 7.53. The number of aromatic nitrogens is 1. The molecule has 3 rings (SSSR count). The summed E-state index contributed by atoms with van der Waals surface area (Å²) in [6.07, 6.45) is 1.59. The van der Waals surface area contributed by atoms with Gasteiger partial charge < -0.3 is 9.84 Å². The molecule has 26 heavy (non-hydrogen) atoms. The van der Waals surface area contributed by atoms with Crippen molar-refractivity contribution in [1.82, 2.24) is 4.98 Å². The number of alkyl halides is 2. The molecule has 0 spiro atoms.